The summed E-state index contributed by atoms with van der Waals surface area (Å²) in [7, 11) is 4.42. The molecule has 21 heavy (non-hydrogen) atoms. The first kappa shape index (κ1) is 15.9. The highest BCUT2D eigenvalue weighted by Gasteiger charge is 1.97. The van der Waals surface area contributed by atoms with Crippen LogP contribution in [0.5, 0.6) is 11.5 Å². The number of ether oxygens (including phenoxy) is 2. The summed E-state index contributed by atoms with van der Waals surface area (Å²) >= 11 is 0. The van der Waals surface area contributed by atoms with E-state index in [0.29, 0.717) is 0 Å². The molecule has 0 aliphatic carbocycles. The Balaban J connectivity index is 1.64. The Morgan fingerprint density at radius 1 is 0.667 bits per heavy atom. The molecule has 0 bridgehead atoms. The van der Waals surface area contributed by atoms with E-state index in [9.17, 15) is 0 Å². The van der Waals surface area contributed by atoms with Gasteiger partial charge in [-0.3, -0.25) is 0 Å². The van der Waals surface area contributed by atoms with Crippen LogP contribution < -0.4 is 9.47 Å². The molecule has 0 amide bonds. The molecule has 2 aromatic carbocycles. The summed E-state index contributed by atoms with van der Waals surface area (Å²) in [5.41, 5.74) is 2.79. The fourth-order valence-electron chi connectivity index (χ4n) is 2.17. The van der Waals surface area contributed by atoms with Crippen molar-refractivity contribution in [3.63, 3.8) is 0 Å². The quantitative estimate of drug-likeness (QED) is 0.538. The Morgan fingerprint density at radius 2 is 1.05 bits per heavy atom. The minimum Gasteiger partial charge on any atom is -0.497 e. The van der Waals surface area contributed by atoms with Crippen molar-refractivity contribution in [2.24, 2.45) is 0 Å². The van der Waals surface area contributed by atoms with Crippen molar-refractivity contribution >= 4 is 8.58 Å². The van der Waals surface area contributed by atoms with Gasteiger partial charge < -0.3 is 9.47 Å². The minimum atomic E-state index is 0.931. The molecule has 0 aliphatic heterocycles. The number of methoxy groups -OCH3 is 2. The molecule has 2 rings (SSSR count). The summed E-state index contributed by atoms with van der Waals surface area (Å²) in [6.07, 6.45) is 4.85. The van der Waals surface area contributed by atoms with E-state index in [1.54, 1.807) is 14.2 Å². The van der Waals surface area contributed by atoms with Crippen molar-refractivity contribution in [1.29, 1.82) is 0 Å². The molecule has 0 aliphatic rings. The first-order valence-corrected chi connectivity index (χ1v) is 8.70. The predicted molar refractivity (Wildman–Crippen MR) is 91.4 cm³/mol. The molecule has 0 atom stereocenters. The lowest BCUT2D eigenvalue weighted by Gasteiger charge is -2.05. The van der Waals surface area contributed by atoms with Gasteiger partial charge in [-0.2, -0.15) is 0 Å². The van der Waals surface area contributed by atoms with E-state index in [-0.39, 0.29) is 0 Å². The van der Waals surface area contributed by atoms with Crippen LogP contribution in [0.15, 0.2) is 48.5 Å². The van der Waals surface area contributed by atoms with E-state index >= 15 is 0 Å². The van der Waals surface area contributed by atoms with Crippen LogP contribution in [0.25, 0.3) is 0 Å². The molecule has 0 radical (unpaired) electrons. The third-order valence-electron chi connectivity index (χ3n) is 3.50. The Hall–Kier alpha value is -1.53. The average Bonchev–Trinajstić information content (AvgIpc) is 2.55. The molecule has 0 unspecified atom stereocenters. The highest BCUT2D eigenvalue weighted by atomic mass is 31.1. The second kappa shape index (κ2) is 8.69. The van der Waals surface area contributed by atoms with Crippen molar-refractivity contribution in [3.8, 4) is 11.5 Å². The summed E-state index contributed by atoms with van der Waals surface area (Å²) in [4.78, 5) is 0. The molecule has 3 heteroatoms. The highest BCUT2D eigenvalue weighted by Crippen LogP contribution is 2.18. The maximum atomic E-state index is 5.17. The molecule has 112 valence electrons. The van der Waals surface area contributed by atoms with Gasteiger partial charge in [0.15, 0.2) is 0 Å². The number of benzene rings is 2. The summed E-state index contributed by atoms with van der Waals surface area (Å²) in [6, 6.07) is 16.8. The van der Waals surface area contributed by atoms with Crippen LogP contribution in [-0.4, -0.2) is 26.5 Å². The third kappa shape index (κ3) is 5.40. The smallest absolute Gasteiger partial charge is 0.118 e. The van der Waals surface area contributed by atoms with Gasteiger partial charge in [0.1, 0.15) is 11.5 Å². The summed E-state index contributed by atoms with van der Waals surface area (Å²) < 4.78 is 10.3. The molecule has 0 spiro atoms. The molecular weight excluding hydrogens is 279 g/mol. The van der Waals surface area contributed by atoms with Crippen molar-refractivity contribution < 1.29 is 9.47 Å². The van der Waals surface area contributed by atoms with E-state index < -0.39 is 0 Å². The van der Waals surface area contributed by atoms with Gasteiger partial charge in [0, 0.05) is 0 Å². The fraction of sp³-hybridized carbons (Fsp3) is 0.333. The number of hydrogen-bond acceptors (Lipinski definition) is 2. The normalized spacial score (nSPS) is 10.4. The molecule has 0 saturated heterocycles. The Kier molecular flexibility index (Phi) is 6.56. The average molecular weight is 302 g/mol. The molecule has 2 nitrogen and oxygen atoms in total. The molecule has 0 fully saturated rings. The molecule has 2 aromatic rings. The van der Waals surface area contributed by atoms with Gasteiger partial charge in [-0.05, 0) is 60.6 Å². The summed E-state index contributed by atoms with van der Waals surface area (Å²) in [5, 5.41) is 0. The van der Waals surface area contributed by atoms with Crippen LogP contribution in [0.1, 0.15) is 11.1 Å². The SMILES string of the molecule is COc1ccc(CCPCCc2ccc(OC)cc2)cc1. The second-order valence-corrected chi connectivity index (χ2v) is 6.45. The van der Waals surface area contributed by atoms with Gasteiger partial charge in [-0.25, -0.2) is 0 Å². The van der Waals surface area contributed by atoms with Crippen molar-refractivity contribution in [2.75, 3.05) is 26.5 Å². The van der Waals surface area contributed by atoms with E-state index in [1.165, 1.54) is 23.5 Å². The maximum Gasteiger partial charge on any atom is 0.118 e. The van der Waals surface area contributed by atoms with Crippen LogP contribution in [0.3, 0.4) is 0 Å². The van der Waals surface area contributed by atoms with Gasteiger partial charge in [0.25, 0.3) is 0 Å². The van der Waals surface area contributed by atoms with E-state index in [0.717, 1.165) is 32.9 Å². The van der Waals surface area contributed by atoms with Crippen LogP contribution >= 0.6 is 8.58 Å². The molecule has 0 N–H and O–H groups in total. The van der Waals surface area contributed by atoms with Crippen LogP contribution in [0, 0.1) is 0 Å². The standard InChI is InChI=1S/C18H23O2P/c1-19-17-7-3-15(4-8-17)11-13-21-14-12-16-5-9-18(20-2)10-6-16/h3-10,21H,11-14H2,1-2H3. The Bertz CT molecular complexity index is 470. The topological polar surface area (TPSA) is 18.5 Å². The summed E-state index contributed by atoms with van der Waals surface area (Å²) in [6.45, 7) is 0. The largest absolute Gasteiger partial charge is 0.497 e. The van der Waals surface area contributed by atoms with Crippen LogP contribution in [-0.2, 0) is 12.8 Å². The Morgan fingerprint density at radius 3 is 1.38 bits per heavy atom. The van der Waals surface area contributed by atoms with E-state index in [1.807, 2.05) is 24.3 Å². The van der Waals surface area contributed by atoms with Crippen molar-refractivity contribution in [1.82, 2.24) is 0 Å². The molecule has 0 aromatic heterocycles. The number of rotatable bonds is 8. The minimum absolute atomic E-state index is 0.931. The number of hydrogen-bond donors (Lipinski definition) is 0. The Labute approximate surface area is 129 Å². The lowest BCUT2D eigenvalue weighted by Crippen LogP contribution is -1.92. The van der Waals surface area contributed by atoms with Gasteiger partial charge >= 0.3 is 0 Å². The molecular formula is C18H23O2P. The van der Waals surface area contributed by atoms with Gasteiger partial charge in [-0.1, -0.05) is 24.3 Å². The van der Waals surface area contributed by atoms with Crippen LogP contribution in [0.2, 0.25) is 0 Å². The zero-order valence-corrected chi connectivity index (χ0v) is 13.8. The first-order valence-electron chi connectivity index (χ1n) is 7.28. The van der Waals surface area contributed by atoms with Gasteiger partial charge in [0.2, 0.25) is 0 Å². The van der Waals surface area contributed by atoms with Crippen molar-refractivity contribution in [2.45, 2.75) is 12.8 Å². The second-order valence-electron chi connectivity index (χ2n) is 4.95. The van der Waals surface area contributed by atoms with E-state index in [4.69, 9.17) is 9.47 Å². The highest BCUT2D eigenvalue weighted by molar-refractivity contribution is 7.37. The lowest BCUT2D eigenvalue weighted by molar-refractivity contribution is 0.414. The monoisotopic (exact) mass is 302 g/mol. The maximum absolute atomic E-state index is 5.17. The first-order chi connectivity index (χ1) is 10.3. The molecule has 0 saturated carbocycles. The van der Waals surface area contributed by atoms with Gasteiger partial charge in [-0.15, -0.1) is 8.58 Å². The summed E-state index contributed by atoms with van der Waals surface area (Å²) in [5.74, 6) is 1.86. The van der Waals surface area contributed by atoms with Crippen LogP contribution in [0.4, 0.5) is 0 Å². The predicted octanol–water partition coefficient (Wildman–Crippen LogP) is 4.17. The zero-order valence-electron chi connectivity index (χ0n) is 12.8. The fourth-order valence-corrected chi connectivity index (χ4v) is 3.36. The number of aryl methyl sites for hydroxylation is 2. The lowest BCUT2D eigenvalue weighted by atomic mass is 10.2. The molecule has 0 heterocycles. The van der Waals surface area contributed by atoms with E-state index in [2.05, 4.69) is 24.3 Å². The van der Waals surface area contributed by atoms with Gasteiger partial charge in [0.05, 0.1) is 14.2 Å². The zero-order chi connectivity index (χ0) is 14.9. The third-order valence-corrected chi connectivity index (χ3v) is 4.71. The van der Waals surface area contributed by atoms with Crippen molar-refractivity contribution in [3.05, 3.63) is 59.7 Å².